The molecule has 7 nitrogen and oxygen atoms in total. The number of ketones is 1. The van der Waals surface area contributed by atoms with Gasteiger partial charge in [0.2, 0.25) is 0 Å². The Balaban J connectivity index is 1.86. The first-order chi connectivity index (χ1) is 17.7. The summed E-state index contributed by atoms with van der Waals surface area (Å²) in [5, 5.41) is 11.7. The summed E-state index contributed by atoms with van der Waals surface area (Å²) in [6.45, 7) is 0.148. The Bertz CT molecular complexity index is 1350. The van der Waals surface area contributed by atoms with Crippen molar-refractivity contribution in [3.05, 3.63) is 93.0 Å². The van der Waals surface area contributed by atoms with Crippen LogP contribution >= 0.6 is 23.2 Å². The van der Waals surface area contributed by atoms with Crippen molar-refractivity contribution >= 4 is 46.3 Å². The minimum absolute atomic E-state index is 0.0478. The van der Waals surface area contributed by atoms with Gasteiger partial charge in [-0.1, -0.05) is 47.5 Å². The highest BCUT2D eigenvalue weighted by molar-refractivity contribution is 6.46. The molecule has 0 radical (unpaired) electrons. The molecule has 1 heterocycles. The van der Waals surface area contributed by atoms with Gasteiger partial charge in [-0.3, -0.25) is 9.59 Å². The molecular weight excluding hydrogens is 515 g/mol. The van der Waals surface area contributed by atoms with Crippen molar-refractivity contribution in [2.45, 2.75) is 12.6 Å². The van der Waals surface area contributed by atoms with Gasteiger partial charge in [0.05, 0.1) is 35.9 Å². The van der Waals surface area contributed by atoms with E-state index in [4.69, 9.17) is 32.7 Å². The van der Waals surface area contributed by atoms with Gasteiger partial charge in [0, 0.05) is 31.9 Å². The van der Waals surface area contributed by atoms with Gasteiger partial charge in [0.15, 0.2) is 5.75 Å². The van der Waals surface area contributed by atoms with Crippen molar-refractivity contribution in [3.8, 4) is 11.5 Å². The maximum atomic E-state index is 13.3. The van der Waals surface area contributed by atoms with Crippen LogP contribution in [0, 0.1) is 0 Å². The molecule has 1 unspecified atom stereocenters. The maximum absolute atomic E-state index is 13.3. The second-order valence-electron chi connectivity index (χ2n) is 8.73. The Hall–Kier alpha value is -3.68. The van der Waals surface area contributed by atoms with Crippen LogP contribution in [-0.2, 0) is 16.1 Å². The van der Waals surface area contributed by atoms with Crippen LogP contribution in [0.25, 0.3) is 5.76 Å². The molecule has 3 aromatic carbocycles. The van der Waals surface area contributed by atoms with E-state index in [9.17, 15) is 14.7 Å². The predicted octanol–water partition coefficient (Wildman–Crippen LogP) is 5.70. The monoisotopic (exact) mass is 540 g/mol. The van der Waals surface area contributed by atoms with E-state index in [1.165, 1.54) is 24.1 Å². The highest BCUT2D eigenvalue weighted by atomic mass is 35.5. The quantitative estimate of drug-likeness (QED) is 0.235. The van der Waals surface area contributed by atoms with E-state index in [1.807, 2.05) is 55.4 Å². The third-order valence-corrected chi connectivity index (χ3v) is 6.81. The van der Waals surface area contributed by atoms with Gasteiger partial charge in [0.1, 0.15) is 11.5 Å². The number of halogens is 2. The molecule has 3 aromatic rings. The maximum Gasteiger partial charge on any atom is 0.295 e. The first kappa shape index (κ1) is 26.4. The van der Waals surface area contributed by atoms with Gasteiger partial charge in [-0.25, -0.2) is 0 Å². The Labute approximate surface area is 225 Å². The zero-order chi connectivity index (χ0) is 26.9. The fraction of sp³-hybridized carbons (Fsp3) is 0.214. The molecule has 1 fully saturated rings. The molecule has 1 amide bonds. The second kappa shape index (κ2) is 10.7. The number of ether oxygens (including phenoxy) is 2. The van der Waals surface area contributed by atoms with E-state index < -0.39 is 17.7 Å². The lowest BCUT2D eigenvalue weighted by molar-refractivity contribution is -0.140. The van der Waals surface area contributed by atoms with Gasteiger partial charge in [-0.15, -0.1) is 0 Å². The van der Waals surface area contributed by atoms with E-state index in [2.05, 4.69) is 0 Å². The zero-order valence-electron chi connectivity index (χ0n) is 20.8. The summed E-state index contributed by atoms with van der Waals surface area (Å²) < 4.78 is 10.4. The number of hydrogen-bond donors (Lipinski definition) is 1. The number of amides is 1. The summed E-state index contributed by atoms with van der Waals surface area (Å²) in [6.07, 6.45) is 0. The van der Waals surface area contributed by atoms with Crippen LogP contribution < -0.4 is 14.4 Å². The van der Waals surface area contributed by atoms with Crippen molar-refractivity contribution in [1.82, 2.24) is 4.90 Å². The molecule has 192 valence electrons. The van der Waals surface area contributed by atoms with Crippen molar-refractivity contribution in [1.29, 1.82) is 0 Å². The van der Waals surface area contributed by atoms with Crippen molar-refractivity contribution in [2.24, 2.45) is 0 Å². The normalized spacial score (nSPS) is 16.7. The minimum atomic E-state index is -0.835. The number of rotatable bonds is 7. The predicted molar refractivity (Wildman–Crippen MR) is 145 cm³/mol. The number of carbonyl (C=O) groups excluding carboxylic acids is 2. The molecule has 1 N–H and O–H groups in total. The zero-order valence-corrected chi connectivity index (χ0v) is 22.3. The van der Waals surface area contributed by atoms with Crippen molar-refractivity contribution < 1.29 is 24.2 Å². The molecule has 0 aromatic heterocycles. The third-order valence-electron chi connectivity index (χ3n) is 6.25. The fourth-order valence-electron chi connectivity index (χ4n) is 4.32. The highest BCUT2D eigenvalue weighted by Gasteiger charge is 2.46. The number of aliphatic hydroxyl groups excluding tert-OH is 1. The first-order valence-corrected chi connectivity index (χ1v) is 12.1. The number of anilines is 1. The van der Waals surface area contributed by atoms with Crippen LogP contribution in [0.4, 0.5) is 5.69 Å². The van der Waals surface area contributed by atoms with Crippen molar-refractivity contribution in [3.63, 3.8) is 0 Å². The number of methoxy groups -OCH3 is 2. The number of hydrogen-bond acceptors (Lipinski definition) is 6. The number of benzene rings is 3. The number of carbonyl (C=O) groups is 2. The molecule has 1 aliphatic heterocycles. The first-order valence-electron chi connectivity index (χ1n) is 11.4. The molecule has 9 heteroatoms. The van der Waals surface area contributed by atoms with Crippen LogP contribution in [0.15, 0.2) is 66.2 Å². The molecule has 0 spiro atoms. The molecule has 1 atom stereocenters. The molecule has 0 bridgehead atoms. The number of likely N-dealkylation sites (tertiary alicyclic amines) is 1. The van der Waals surface area contributed by atoms with Gasteiger partial charge in [-0.05, 0) is 47.5 Å². The smallest absolute Gasteiger partial charge is 0.295 e. The Morgan fingerprint density at radius 2 is 1.54 bits per heavy atom. The SMILES string of the molecule is COc1ccc(CN2C(=O)C(=O)/C(=C(/O)c3cc(Cl)c(OC)c(Cl)c3)C2c2ccc(N(C)C)cc2)cc1. The van der Waals surface area contributed by atoms with Crippen LogP contribution in [0.3, 0.4) is 0 Å². The Morgan fingerprint density at radius 3 is 2.05 bits per heavy atom. The lowest BCUT2D eigenvalue weighted by Crippen LogP contribution is -2.29. The summed E-state index contributed by atoms with van der Waals surface area (Å²) in [4.78, 5) is 30.0. The summed E-state index contributed by atoms with van der Waals surface area (Å²) in [5.74, 6) is -0.963. The van der Waals surface area contributed by atoms with Gasteiger partial charge in [0.25, 0.3) is 11.7 Å². The molecule has 4 rings (SSSR count). The van der Waals surface area contributed by atoms with Crippen LogP contribution in [0.2, 0.25) is 10.0 Å². The largest absolute Gasteiger partial charge is 0.507 e. The summed E-state index contributed by atoms with van der Waals surface area (Å²) in [6, 6.07) is 16.8. The Kier molecular flexibility index (Phi) is 7.66. The van der Waals surface area contributed by atoms with E-state index in [0.717, 1.165) is 11.3 Å². The van der Waals surface area contributed by atoms with Gasteiger partial charge < -0.3 is 24.4 Å². The van der Waals surface area contributed by atoms with E-state index in [1.54, 1.807) is 19.2 Å². The Morgan fingerprint density at radius 1 is 0.946 bits per heavy atom. The summed E-state index contributed by atoms with van der Waals surface area (Å²) in [5.41, 5.74) is 2.57. The topological polar surface area (TPSA) is 79.3 Å². The van der Waals surface area contributed by atoms with Gasteiger partial charge in [-0.2, -0.15) is 0 Å². The molecular formula is C28H26Cl2N2O5. The lowest BCUT2D eigenvalue weighted by atomic mass is 9.95. The molecule has 0 saturated carbocycles. The standard InChI is InChI=1S/C28H26Cl2N2O5/c1-31(2)19-9-7-17(8-10-19)24-23(25(33)18-13-21(29)27(37-4)22(30)14-18)26(34)28(35)32(24)15-16-5-11-20(36-3)12-6-16/h5-14,24,33H,15H2,1-4H3/b25-23+. The number of Topliss-reactive ketones (excluding diaryl/α,β-unsaturated/α-hetero) is 1. The lowest BCUT2D eigenvalue weighted by Gasteiger charge is -2.26. The van der Waals surface area contributed by atoms with Crippen molar-refractivity contribution in [2.75, 3.05) is 33.2 Å². The van der Waals surface area contributed by atoms with Crippen LogP contribution in [0.1, 0.15) is 22.7 Å². The second-order valence-corrected chi connectivity index (χ2v) is 9.55. The average Bonchev–Trinajstić information content (AvgIpc) is 3.13. The van der Waals surface area contributed by atoms with E-state index in [0.29, 0.717) is 11.3 Å². The molecule has 1 saturated heterocycles. The third kappa shape index (κ3) is 5.10. The summed E-state index contributed by atoms with van der Waals surface area (Å²) >= 11 is 12.6. The highest BCUT2D eigenvalue weighted by Crippen LogP contribution is 2.42. The fourth-order valence-corrected chi connectivity index (χ4v) is 4.96. The van der Waals surface area contributed by atoms with Crippen LogP contribution in [0.5, 0.6) is 11.5 Å². The average molecular weight is 541 g/mol. The molecule has 1 aliphatic rings. The van der Waals surface area contributed by atoms with Gasteiger partial charge >= 0.3 is 0 Å². The minimum Gasteiger partial charge on any atom is -0.507 e. The van der Waals surface area contributed by atoms with E-state index >= 15 is 0 Å². The molecule has 37 heavy (non-hydrogen) atoms. The summed E-state index contributed by atoms with van der Waals surface area (Å²) in [7, 11) is 6.83. The molecule has 0 aliphatic carbocycles. The number of nitrogens with zero attached hydrogens (tertiary/aromatic N) is 2. The van der Waals surface area contributed by atoms with E-state index in [-0.39, 0.29) is 39.2 Å². The van der Waals surface area contributed by atoms with Crippen LogP contribution in [-0.4, -0.2) is 50.0 Å². The number of aliphatic hydroxyl groups is 1.